The number of anilines is 1. The van der Waals surface area contributed by atoms with Gasteiger partial charge in [0, 0.05) is 11.3 Å². The van der Waals surface area contributed by atoms with Gasteiger partial charge in [0.2, 0.25) is 0 Å². The highest BCUT2D eigenvalue weighted by molar-refractivity contribution is 5.94. The zero-order chi connectivity index (χ0) is 17.8. The Morgan fingerprint density at radius 3 is 2.40 bits per heavy atom. The molecule has 0 amide bonds. The third-order valence-electron chi connectivity index (χ3n) is 5.79. The highest BCUT2D eigenvalue weighted by Crippen LogP contribution is 2.27. The molecule has 1 aliphatic heterocycles. The zero-order valence-corrected chi connectivity index (χ0v) is 15.7. The number of quaternary nitrogens is 1. The van der Waals surface area contributed by atoms with E-state index in [4.69, 9.17) is 0 Å². The smallest absolute Gasteiger partial charge is 0.159 e. The molecule has 3 rings (SSSR count). The van der Waals surface area contributed by atoms with Crippen molar-refractivity contribution in [2.24, 2.45) is 5.92 Å². The van der Waals surface area contributed by atoms with E-state index in [1.54, 1.807) is 17.4 Å². The molecule has 3 heteroatoms. The summed E-state index contributed by atoms with van der Waals surface area (Å²) in [5.41, 5.74) is 5.02. The van der Waals surface area contributed by atoms with Crippen LogP contribution < -0.4 is 9.80 Å². The van der Waals surface area contributed by atoms with E-state index >= 15 is 0 Å². The first-order valence-electron chi connectivity index (χ1n) is 9.55. The van der Waals surface area contributed by atoms with E-state index in [1.165, 1.54) is 50.2 Å². The number of ketones is 1. The average Bonchev–Trinajstić information content (AvgIpc) is 2.63. The van der Waals surface area contributed by atoms with E-state index < -0.39 is 0 Å². The summed E-state index contributed by atoms with van der Waals surface area (Å²) >= 11 is 0. The lowest BCUT2D eigenvalue weighted by Gasteiger charge is -2.34. The largest absolute Gasteiger partial charge is 0.360 e. The first kappa shape index (κ1) is 17.9. The molecule has 3 nitrogen and oxygen atoms in total. The molecule has 1 saturated heterocycles. The van der Waals surface area contributed by atoms with Gasteiger partial charge in [-0.1, -0.05) is 18.2 Å². The SMILES string of the molecule is C=C(C)[C@H]1CC=C(C[NH+]2CCN(c3ccc(C(C)=O)cc3)CC2)CC1. The second-order valence-electron chi connectivity index (χ2n) is 7.70. The summed E-state index contributed by atoms with van der Waals surface area (Å²) in [7, 11) is 0. The predicted molar refractivity (Wildman–Crippen MR) is 104 cm³/mol. The van der Waals surface area contributed by atoms with Crippen LogP contribution in [0.4, 0.5) is 5.69 Å². The van der Waals surface area contributed by atoms with Gasteiger partial charge in [0.05, 0.1) is 32.7 Å². The molecular formula is C22H31N2O+. The van der Waals surface area contributed by atoms with E-state index in [0.717, 1.165) is 18.7 Å². The van der Waals surface area contributed by atoms with Crippen molar-refractivity contribution in [2.75, 3.05) is 37.6 Å². The number of nitrogens with one attached hydrogen (secondary N) is 1. The highest BCUT2D eigenvalue weighted by atomic mass is 16.1. The number of carbonyl (C=O) groups excluding carboxylic acids is 1. The van der Waals surface area contributed by atoms with Crippen molar-refractivity contribution in [1.82, 2.24) is 0 Å². The number of nitrogens with zero attached hydrogens (tertiary/aromatic N) is 1. The molecular weight excluding hydrogens is 308 g/mol. The van der Waals surface area contributed by atoms with Crippen LogP contribution in [-0.2, 0) is 0 Å². The summed E-state index contributed by atoms with van der Waals surface area (Å²) in [6.45, 7) is 13.7. The number of hydrogen-bond acceptors (Lipinski definition) is 2. The summed E-state index contributed by atoms with van der Waals surface area (Å²) in [5.74, 6) is 0.837. The molecule has 1 heterocycles. The first-order valence-corrected chi connectivity index (χ1v) is 9.55. The topological polar surface area (TPSA) is 24.8 Å². The van der Waals surface area contributed by atoms with Crippen LogP contribution in [0.3, 0.4) is 0 Å². The monoisotopic (exact) mass is 339 g/mol. The predicted octanol–water partition coefficient (Wildman–Crippen LogP) is 2.90. The van der Waals surface area contributed by atoms with Gasteiger partial charge in [-0.25, -0.2) is 0 Å². The molecule has 1 fully saturated rings. The van der Waals surface area contributed by atoms with Gasteiger partial charge in [0.25, 0.3) is 0 Å². The lowest BCUT2D eigenvalue weighted by molar-refractivity contribution is -0.895. The van der Waals surface area contributed by atoms with Crippen molar-refractivity contribution in [3.05, 3.63) is 53.6 Å². The van der Waals surface area contributed by atoms with Crippen molar-refractivity contribution < 1.29 is 9.69 Å². The average molecular weight is 340 g/mol. The molecule has 0 radical (unpaired) electrons. The minimum absolute atomic E-state index is 0.135. The Morgan fingerprint density at radius 2 is 1.88 bits per heavy atom. The summed E-state index contributed by atoms with van der Waals surface area (Å²) < 4.78 is 0. The first-order chi connectivity index (χ1) is 12.0. The van der Waals surface area contributed by atoms with Gasteiger partial charge in [-0.2, -0.15) is 0 Å². The molecule has 1 aliphatic carbocycles. The fraction of sp³-hybridized carbons (Fsp3) is 0.500. The van der Waals surface area contributed by atoms with E-state index in [9.17, 15) is 4.79 Å². The Labute approximate surface area is 152 Å². The van der Waals surface area contributed by atoms with Crippen molar-refractivity contribution >= 4 is 11.5 Å². The molecule has 0 aromatic heterocycles. The van der Waals surface area contributed by atoms with Gasteiger partial charge in [0.1, 0.15) is 0 Å². The molecule has 134 valence electrons. The minimum Gasteiger partial charge on any atom is -0.360 e. The molecule has 25 heavy (non-hydrogen) atoms. The molecule has 0 bridgehead atoms. The lowest BCUT2D eigenvalue weighted by atomic mass is 9.85. The summed E-state index contributed by atoms with van der Waals surface area (Å²) in [5, 5.41) is 0. The Morgan fingerprint density at radius 1 is 1.20 bits per heavy atom. The van der Waals surface area contributed by atoms with E-state index in [2.05, 4.69) is 36.6 Å². The Hall–Kier alpha value is -1.87. The quantitative estimate of drug-likeness (QED) is 0.659. The van der Waals surface area contributed by atoms with Crippen LogP contribution in [0.5, 0.6) is 0 Å². The molecule has 1 atom stereocenters. The number of hydrogen-bond donors (Lipinski definition) is 1. The fourth-order valence-corrected chi connectivity index (χ4v) is 3.98. The maximum atomic E-state index is 11.4. The lowest BCUT2D eigenvalue weighted by Crippen LogP contribution is -3.15. The van der Waals surface area contributed by atoms with Gasteiger partial charge in [-0.15, -0.1) is 0 Å². The van der Waals surface area contributed by atoms with Gasteiger partial charge >= 0.3 is 0 Å². The number of Topliss-reactive ketones (excluding diaryl/α,β-unsaturated/α-hetero) is 1. The van der Waals surface area contributed by atoms with Crippen LogP contribution in [0.25, 0.3) is 0 Å². The molecule has 0 spiro atoms. The molecule has 0 unspecified atom stereocenters. The number of piperazine rings is 1. The van der Waals surface area contributed by atoms with Gasteiger partial charge in [-0.3, -0.25) is 4.79 Å². The van der Waals surface area contributed by atoms with Crippen LogP contribution in [0.1, 0.15) is 43.5 Å². The Kier molecular flexibility index (Phi) is 5.74. The molecule has 1 aromatic carbocycles. The second-order valence-corrected chi connectivity index (χ2v) is 7.70. The standard InChI is InChI=1S/C22H30N2O/c1-17(2)20-6-4-19(5-7-20)16-23-12-14-24(15-13-23)22-10-8-21(9-11-22)18(3)25/h4,8-11,20H,1,5-7,12-16H2,2-3H3/p+1/t20-/m0/s1. The van der Waals surface area contributed by atoms with Crippen LogP contribution in [0.15, 0.2) is 48.1 Å². The van der Waals surface area contributed by atoms with Crippen LogP contribution in [0, 0.1) is 5.92 Å². The van der Waals surface area contributed by atoms with Crippen LogP contribution >= 0.6 is 0 Å². The van der Waals surface area contributed by atoms with Crippen molar-refractivity contribution in [2.45, 2.75) is 33.1 Å². The normalized spacial score (nSPS) is 21.8. The maximum Gasteiger partial charge on any atom is 0.159 e. The van der Waals surface area contributed by atoms with Crippen molar-refractivity contribution in [3.63, 3.8) is 0 Å². The van der Waals surface area contributed by atoms with E-state index in [-0.39, 0.29) is 5.78 Å². The van der Waals surface area contributed by atoms with Crippen LogP contribution in [-0.4, -0.2) is 38.5 Å². The molecule has 1 N–H and O–H groups in total. The highest BCUT2D eigenvalue weighted by Gasteiger charge is 2.23. The molecule has 1 aromatic rings. The Bertz CT molecular complexity index is 651. The van der Waals surface area contributed by atoms with Crippen molar-refractivity contribution in [3.8, 4) is 0 Å². The summed E-state index contributed by atoms with van der Waals surface area (Å²) in [6.07, 6.45) is 6.19. The van der Waals surface area contributed by atoms with Gasteiger partial charge in [-0.05, 0) is 68.9 Å². The zero-order valence-electron chi connectivity index (χ0n) is 15.7. The van der Waals surface area contributed by atoms with Gasteiger partial charge in [0.15, 0.2) is 5.78 Å². The van der Waals surface area contributed by atoms with Crippen LogP contribution in [0.2, 0.25) is 0 Å². The molecule has 2 aliphatic rings. The fourth-order valence-electron chi connectivity index (χ4n) is 3.98. The Balaban J connectivity index is 1.49. The third kappa shape index (κ3) is 4.60. The number of carbonyl (C=O) groups is 1. The van der Waals surface area contributed by atoms with Gasteiger partial charge < -0.3 is 9.80 Å². The third-order valence-corrected chi connectivity index (χ3v) is 5.79. The van der Waals surface area contributed by atoms with Crippen molar-refractivity contribution in [1.29, 1.82) is 0 Å². The second kappa shape index (κ2) is 8.01. The summed E-state index contributed by atoms with van der Waals surface area (Å²) in [6, 6.07) is 8.07. The van der Waals surface area contributed by atoms with E-state index in [1.807, 2.05) is 12.1 Å². The number of benzene rings is 1. The number of allylic oxidation sites excluding steroid dienone is 2. The molecule has 0 saturated carbocycles. The summed E-state index contributed by atoms with van der Waals surface area (Å²) in [4.78, 5) is 15.5. The maximum absolute atomic E-state index is 11.4. The minimum atomic E-state index is 0.135. The van der Waals surface area contributed by atoms with E-state index in [0.29, 0.717) is 5.92 Å². The number of rotatable bonds is 5.